The number of anilines is 3. The predicted molar refractivity (Wildman–Crippen MR) is 108 cm³/mol. The molecular weight excluding hydrogens is 411 g/mol. The van der Waals surface area contributed by atoms with Crippen LogP contribution in [0.3, 0.4) is 0 Å². The topological polar surface area (TPSA) is 93.0 Å². The summed E-state index contributed by atoms with van der Waals surface area (Å²) >= 11 is 0. The molecule has 0 spiro atoms. The lowest BCUT2D eigenvalue weighted by Crippen LogP contribution is -2.55. The number of halogens is 3. The van der Waals surface area contributed by atoms with E-state index in [4.69, 9.17) is 0 Å². The lowest BCUT2D eigenvalue weighted by Gasteiger charge is -2.57. The van der Waals surface area contributed by atoms with E-state index in [0.717, 1.165) is 31.4 Å². The van der Waals surface area contributed by atoms with Gasteiger partial charge in [-0.15, -0.1) is 0 Å². The van der Waals surface area contributed by atoms with Gasteiger partial charge in [0, 0.05) is 11.2 Å². The van der Waals surface area contributed by atoms with Gasteiger partial charge in [-0.05, 0) is 74.5 Å². The number of alkyl halides is 3. The van der Waals surface area contributed by atoms with Gasteiger partial charge in [0.15, 0.2) is 0 Å². The Morgan fingerprint density at radius 3 is 2.23 bits per heavy atom. The summed E-state index contributed by atoms with van der Waals surface area (Å²) in [7, 11) is 0. The van der Waals surface area contributed by atoms with Gasteiger partial charge in [0.1, 0.15) is 6.33 Å². The van der Waals surface area contributed by atoms with Gasteiger partial charge in [0.2, 0.25) is 11.6 Å². The molecule has 0 atom stereocenters. The van der Waals surface area contributed by atoms with Crippen molar-refractivity contribution in [2.24, 2.45) is 17.8 Å². The second-order valence-electron chi connectivity index (χ2n) is 9.20. The molecule has 1 aromatic carbocycles. The van der Waals surface area contributed by atoms with Crippen molar-refractivity contribution in [2.75, 3.05) is 10.6 Å². The maximum Gasteiger partial charge on any atom is 0.416 e. The smallest absolute Gasteiger partial charge is 0.359 e. The van der Waals surface area contributed by atoms with E-state index < -0.39 is 16.7 Å². The summed E-state index contributed by atoms with van der Waals surface area (Å²) in [5.41, 5.74) is -1.34. The van der Waals surface area contributed by atoms with Crippen molar-refractivity contribution in [3.63, 3.8) is 0 Å². The fraction of sp³-hybridized carbons (Fsp3) is 0.524. The van der Waals surface area contributed by atoms with Crippen LogP contribution in [0.2, 0.25) is 0 Å². The van der Waals surface area contributed by atoms with Gasteiger partial charge in [-0.2, -0.15) is 13.2 Å². The van der Waals surface area contributed by atoms with Crippen LogP contribution < -0.4 is 10.6 Å². The number of hydrogen-bond donors (Lipinski definition) is 2. The van der Waals surface area contributed by atoms with Crippen LogP contribution in [0.1, 0.15) is 44.1 Å². The largest absolute Gasteiger partial charge is 0.416 e. The first-order valence-electron chi connectivity index (χ1n) is 10.4. The van der Waals surface area contributed by atoms with Crippen LogP contribution in [0.15, 0.2) is 30.6 Å². The third-order valence-corrected chi connectivity index (χ3v) is 6.88. The van der Waals surface area contributed by atoms with E-state index in [0.29, 0.717) is 17.8 Å². The Morgan fingerprint density at radius 1 is 1.03 bits per heavy atom. The number of nitro groups is 1. The average Bonchev–Trinajstić information content (AvgIpc) is 2.66. The molecule has 7 nitrogen and oxygen atoms in total. The van der Waals surface area contributed by atoms with Crippen molar-refractivity contribution >= 4 is 23.0 Å². The highest BCUT2D eigenvalue weighted by Crippen LogP contribution is 2.57. The third kappa shape index (κ3) is 3.79. The molecule has 0 saturated heterocycles. The first-order chi connectivity index (χ1) is 14.7. The van der Waals surface area contributed by atoms with Crippen LogP contribution in [0, 0.1) is 27.9 Å². The highest BCUT2D eigenvalue weighted by molar-refractivity contribution is 5.74. The van der Waals surface area contributed by atoms with E-state index in [9.17, 15) is 23.3 Å². The highest BCUT2D eigenvalue weighted by Gasteiger charge is 2.51. The zero-order valence-electron chi connectivity index (χ0n) is 16.7. The second-order valence-corrected chi connectivity index (χ2v) is 9.20. The molecule has 31 heavy (non-hydrogen) atoms. The van der Waals surface area contributed by atoms with Crippen LogP contribution in [0.25, 0.3) is 0 Å². The summed E-state index contributed by atoms with van der Waals surface area (Å²) in [4.78, 5) is 19.4. The van der Waals surface area contributed by atoms with Crippen LogP contribution in [0.5, 0.6) is 0 Å². The van der Waals surface area contributed by atoms with Crippen molar-refractivity contribution < 1.29 is 18.1 Å². The maximum atomic E-state index is 13.0. The normalized spacial score (nSPS) is 29.1. The Kier molecular flexibility index (Phi) is 4.56. The minimum absolute atomic E-state index is 0.0670. The Morgan fingerprint density at radius 2 is 1.65 bits per heavy atom. The van der Waals surface area contributed by atoms with Crippen LogP contribution >= 0.6 is 0 Å². The quantitative estimate of drug-likeness (QED) is 0.476. The Labute approximate surface area is 176 Å². The lowest BCUT2D eigenvalue weighted by molar-refractivity contribution is -0.383. The molecule has 10 heteroatoms. The Balaban J connectivity index is 1.46. The molecular formula is C21H22F3N5O2. The van der Waals surface area contributed by atoms with E-state index in [1.54, 1.807) is 0 Å². The number of hydrogen-bond acceptors (Lipinski definition) is 6. The molecule has 4 bridgehead atoms. The average molecular weight is 433 g/mol. The van der Waals surface area contributed by atoms with Crippen molar-refractivity contribution in [1.82, 2.24) is 9.97 Å². The molecule has 0 unspecified atom stereocenters. The first-order valence-corrected chi connectivity index (χ1v) is 10.4. The van der Waals surface area contributed by atoms with Crippen LogP contribution in [-0.4, -0.2) is 20.4 Å². The van der Waals surface area contributed by atoms with E-state index >= 15 is 0 Å². The molecule has 4 aliphatic rings. The molecule has 4 fully saturated rings. The van der Waals surface area contributed by atoms with Crippen molar-refractivity contribution in [2.45, 2.75) is 50.2 Å². The predicted octanol–water partition coefficient (Wildman–Crippen LogP) is 5.53. The SMILES string of the molecule is O=[N+]([O-])c1c(Nc2cccc(C(F)(F)F)c2)ncnc1NC12CC3CC(CC(C3)C1)C2. The van der Waals surface area contributed by atoms with Crippen molar-refractivity contribution in [1.29, 1.82) is 0 Å². The molecule has 4 aliphatic carbocycles. The molecule has 1 aromatic heterocycles. The van der Waals surface area contributed by atoms with Gasteiger partial charge in [0.25, 0.3) is 0 Å². The summed E-state index contributed by atoms with van der Waals surface area (Å²) in [5.74, 6) is 1.91. The monoisotopic (exact) mass is 433 g/mol. The van der Waals surface area contributed by atoms with Crippen molar-refractivity contribution in [3.05, 3.63) is 46.3 Å². The molecule has 1 heterocycles. The minimum atomic E-state index is -4.51. The van der Waals surface area contributed by atoms with E-state index in [1.807, 2.05) is 0 Å². The van der Waals surface area contributed by atoms with Gasteiger partial charge in [-0.3, -0.25) is 10.1 Å². The van der Waals surface area contributed by atoms with Gasteiger partial charge in [0.05, 0.1) is 10.5 Å². The zero-order valence-corrected chi connectivity index (χ0v) is 16.7. The minimum Gasteiger partial charge on any atom is -0.359 e. The number of nitrogens with one attached hydrogen (secondary N) is 2. The number of nitrogens with zero attached hydrogens (tertiary/aromatic N) is 3. The highest BCUT2D eigenvalue weighted by atomic mass is 19.4. The fourth-order valence-electron chi connectivity index (χ4n) is 6.16. The summed E-state index contributed by atoms with van der Waals surface area (Å²) in [5, 5.41) is 18.0. The van der Waals surface area contributed by atoms with Gasteiger partial charge in [-0.1, -0.05) is 6.07 Å². The summed E-state index contributed by atoms with van der Waals surface area (Å²) in [6.45, 7) is 0. The summed E-state index contributed by atoms with van der Waals surface area (Å²) in [6, 6.07) is 4.50. The molecule has 164 valence electrons. The van der Waals surface area contributed by atoms with E-state index in [1.165, 1.54) is 37.7 Å². The number of rotatable bonds is 5. The van der Waals surface area contributed by atoms with Crippen LogP contribution in [-0.2, 0) is 6.18 Å². The molecule has 0 radical (unpaired) electrons. The van der Waals surface area contributed by atoms with Crippen molar-refractivity contribution in [3.8, 4) is 0 Å². The van der Waals surface area contributed by atoms with Crippen LogP contribution in [0.4, 0.5) is 36.2 Å². The molecule has 0 aliphatic heterocycles. The Hall–Kier alpha value is -2.91. The zero-order chi connectivity index (χ0) is 21.8. The lowest BCUT2D eigenvalue weighted by atomic mass is 9.53. The molecule has 2 aromatic rings. The molecule has 6 rings (SSSR count). The third-order valence-electron chi connectivity index (χ3n) is 6.88. The Bertz CT molecular complexity index is 991. The van der Waals surface area contributed by atoms with Gasteiger partial charge < -0.3 is 10.6 Å². The first kappa shape index (κ1) is 20.0. The summed E-state index contributed by atoms with van der Waals surface area (Å²) < 4.78 is 39.1. The van der Waals surface area contributed by atoms with E-state index in [-0.39, 0.29) is 28.5 Å². The van der Waals surface area contributed by atoms with Gasteiger partial charge >= 0.3 is 11.9 Å². The second kappa shape index (κ2) is 7.06. The molecule has 0 amide bonds. The number of benzene rings is 1. The summed E-state index contributed by atoms with van der Waals surface area (Å²) in [6.07, 6.45) is 3.29. The van der Waals surface area contributed by atoms with Gasteiger partial charge in [-0.25, -0.2) is 9.97 Å². The van der Waals surface area contributed by atoms with E-state index in [2.05, 4.69) is 20.6 Å². The fourth-order valence-corrected chi connectivity index (χ4v) is 6.16. The maximum absolute atomic E-state index is 13.0. The molecule has 2 N–H and O–H groups in total. The molecule has 4 saturated carbocycles. The standard InChI is InChI=1S/C21H22F3N5O2/c22-21(23,24)15-2-1-3-16(7-15)27-18-17(29(30)31)19(26-11-25-18)28-20-8-12-4-13(9-20)6-14(5-12)10-20/h1-3,7,11-14H,4-6,8-10H2,(H2,25,26,27,28). The number of aromatic nitrogens is 2.